The van der Waals surface area contributed by atoms with E-state index < -0.39 is 23.8 Å². The number of amides is 4. The summed E-state index contributed by atoms with van der Waals surface area (Å²) in [6.07, 6.45) is -0.0480. The van der Waals surface area contributed by atoms with Gasteiger partial charge in [0.1, 0.15) is 6.04 Å². The summed E-state index contributed by atoms with van der Waals surface area (Å²) in [5.74, 6) is -1.72. The Morgan fingerprint density at radius 2 is 2.00 bits per heavy atom. The molecule has 0 aliphatic carbocycles. The monoisotopic (exact) mass is 270 g/mol. The maximum Gasteiger partial charge on any atom is 0.252 e. The Morgan fingerprint density at radius 3 is 2.47 bits per heavy atom. The summed E-state index contributed by atoms with van der Waals surface area (Å²) >= 11 is 0. The van der Waals surface area contributed by atoms with Gasteiger partial charge in [-0.1, -0.05) is 0 Å². The number of nitrogens with two attached hydrogens (primary N) is 1. The minimum atomic E-state index is -0.850. The van der Waals surface area contributed by atoms with Crippen LogP contribution in [0.3, 0.4) is 0 Å². The lowest BCUT2D eigenvalue weighted by atomic mass is 10.2. The van der Waals surface area contributed by atoms with Crippen LogP contribution in [-0.2, 0) is 19.2 Å². The number of carbonyl (C=O) groups excluding carboxylic acids is 4. The molecule has 1 rings (SSSR count). The fraction of sp³-hybridized carbons (Fsp3) is 0.636. The molecule has 0 spiro atoms. The maximum atomic E-state index is 11.9. The largest absolute Gasteiger partial charge is 0.346 e. The zero-order chi connectivity index (χ0) is 14.6. The molecule has 1 fully saturated rings. The lowest BCUT2D eigenvalue weighted by Crippen LogP contribution is -2.47. The van der Waals surface area contributed by atoms with E-state index in [2.05, 4.69) is 10.6 Å². The molecule has 4 N–H and O–H groups in total. The summed E-state index contributed by atoms with van der Waals surface area (Å²) in [5, 5.41) is 4.70. The molecule has 1 aliphatic rings. The van der Waals surface area contributed by atoms with Crippen molar-refractivity contribution >= 4 is 23.6 Å². The van der Waals surface area contributed by atoms with E-state index in [1.165, 1.54) is 0 Å². The molecule has 1 heterocycles. The van der Waals surface area contributed by atoms with E-state index >= 15 is 0 Å². The van der Waals surface area contributed by atoms with E-state index in [4.69, 9.17) is 5.73 Å². The molecule has 0 bridgehead atoms. The zero-order valence-corrected chi connectivity index (χ0v) is 10.9. The minimum absolute atomic E-state index is 0.0480. The normalized spacial score (nSPS) is 18.9. The van der Waals surface area contributed by atoms with Crippen LogP contribution in [0.1, 0.15) is 20.3 Å². The molecule has 0 aromatic heterocycles. The van der Waals surface area contributed by atoms with Crippen molar-refractivity contribution in [1.82, 2.24) is 15.5 Å². The molecular weight excluding hydrogens is 252 g/mol. The van der Waals surface area contributed by atoms with Gasteiger partial charge in [-0.25, -0.2) is 0 Å². The average molecular weight is 270 g/mol. The molecule has 8 heteroatoms. The number of imide groups is 1. The average Bonchev–Trinajstić information content (AvgIpc) is 2.61. The predicted octanol–water partition coefficient (Wildman–Crippen LogP) is -2.29. The molecule has 4 amide bonds. The molecule has 1 unspecified atom stereocenters. The second-order valence-electron chi connectivity index (χ2n) is 4.50. The van der Waals surface area contributed by atoms with Gasteiger partial charge in [0.15, 0.2) is 0 Å². The van der Waals surface area contributed by atoms with Crippen LogP contribution in [-0.4, -0.2) is 53.7 Å². The van der Waals surface area contributed by atoms with Crippen LogP contribution in [0.4, 0.5) is 0 Å². The van der Waals surface area contributed by atoms with Crippen molar-refractivity contribution in [3.63, 3.8) is 0 Å². The SMILES string of the molecule is CC(C)N1C(=O)CC(NC(=O)CNC(=O)CN)C1=O. The van der Waals surface area contributed by atoms with Crippen LogP contribution >= 0.6 is 0 Å². The Labute approximate surface area is 110 Å². The van der Waals surface area contributed by atoms with Crippen LogP contribution in [0.15, 0.2) is 0 Å². The summed E-state index contributed by atoms with van der Waals surface area (Å²) in [4.78, 5) is 47.0. The Balaban J connectivity index is 2.50. The quantitative estimate of drug-likeness (QED) is 0.486. The Kier molecular flexibility index (Phi) is 4.99. The highest BCUT2D eigenvalue weighted by atomic mass is 16.2. The summed E-state index contributed by atoms with van der Waals surface area (Å²) in [7, 11) is 0. The van der Waals surface area contributed by atoms with Gasteiger partial charge in [0.2, 0.25) is 17.7 Å². The lowest BCUT2D eigenvalue weighted by Gasteiger charge is -2.19. The third-order valence-corrected chi connectivity index (χ3v) is 2.67. The highest BCUT2D eigenvalue weighted by Crippen LogP contribution is 2.15. The number of likely N-dealkylation sites (tertiary alicyclic amines) is 1. The first-order chi connectivity index (χ1) is 8.86. The third kappa shape index (κ3) is 3.75. The summed E-state index contributed by atoms with van der Waals surface area (Å²) in [6.45, 7) is 2.97. The molecule has 0 radical (unpaired) electrons. The standard InChI is InChI=1S/C11H18N4O4/c1-6(2)15-10(18)3-7(11(15)19)14-9(17)5-13-8(16)4-12/h6-7H,3-5,12H2,1-2H3,(H,13,16)(H,14,17). The fourth-order valence-corrected chi connectivity index (χ4v) is 1.80. The minimum Gasteiger partial charge on any atom is -0.346 e. The van der Waals surface area contributed by atoms with E-state index in [0.717, 1.165) is 4.90 Å². The Morgan fingerprint density at radius 1 is 1.37 bits per heavy atom. The van der Waals surface area contributed by atoms with E-state index in [9.17, 15) is 19.2 Å². The van der Waals surface area contributed by atoms with Gasteiger partial charge in [0.05, 0.1) is 19.5 Å². The third-order valence-electron chi connectivity index (χ3n) is 2.67. The van der Waals surface area contributed by atoms with E-state index in [1.807, 2.05) is 0 Å². The summed E-state index contributed by atoms with van der Waals surface area (Å²) in [5.41, 5.74) is 5.06. The smallest absolute Gasteiger partial charge is 0.252 e. The van der Waals surface area contributed by atoms with Gasteiger partial charge >= 0.3 is 0 Å². The highest BCUT2D eigenvalue weighted by Gasteiger charge is 2.40. The van der Waals surface area contributed by atoms with Crippen LogP contribution in [0.25, 0.3) is 0 Å². The summed E-state index contributed by atoms with van der Waals surface area (Å²) in [6, 6.07) is -1.09. The number of hydrogen-bond donors (Lipinski definition) is 3. The molecule has 1 atom stereocenters. The van der Waals surface area contributed by atoms with Crippen molar-refractivity contribution in [3.05, 3.63) is 0 Å². The summed E-state index contributed by atoms with van der Waals surface area (Å²) < 4.78 is 0. The highest BCUT2D eigenvalue weighted by molar-refractivity contribution is 6.07. The second-order valence-corrected chi connectivity index (χ2v) is 4.50. The molecule has 1 saturated heterocycles. The van der Waals surface area contributed by atoms with Gasteiger partial charge in [-0.15, -0.1) is 0 Å². The van der Waals surface area contributed by atoms with Crippen molar-refractivity contribution < 1.29 is 19.2 Å². The first-order valence-corrected chi connectivity index (χ1v) is 5.98. The molecule has 106 valence electrons. The molecule has 0 aromatic carbocycles. The van der Waals surface area contributed by atoms with Crippen LogP contribution in [0.5, 0.6) is 0 Å². The Bertz CT molecular complexity index is 407. The first kappa shape index (κ1) is 15.1. The van der Waals surface area contributed by atoms with Crippen LogP contribution in [0, 0.1) is 0 Å². The number of hydrogen-bond acceptors (Lipinski definition) is 5. The number of nitrogens with one attached hydrogen (secondary N) is 2. The topological polar surface area (TPSA) is 122 Å². The zero-order valence-electron chi connectivity index (χ0n) is 10.9. The molecule has 1 aliphatic heterocycles. The van der Waals surface area contributed by atoms with Gasteiger partial charge < -0.3 is 16.4 Å². The van der Waals surface area contributed by atoms with Crippen molar-refractivity contribution in [2.45, 2.75) is 32.4 Å². The van der Waals surface area contributed by atoms with E-state index in [1.54, 1.807) is 13.8 Å². The Hall–Kier alpha value is -1.96. The van der Waals surface area contributed by atoms with Gasteiger partial charge in [-0.2, -0.15) is 0 Å². The van der Waals surface area contributed by atoms with Crippen molar-refractivity contribution in [2.75, 3.05) is 13.1 Å². The van der Waals surface area contributed by atoms with Gasteiger partial charge in [0.25, 0.3) is 5.91 Å². The van der Waals surface area contributed by atoms with Gasteiger partial charge in [0, 0.05) is 6.04 Å². The molecule has 8 nitrogen and oxygen atoms in total. The predicted molar refractivity (Wildman–Crippen MR) is 65.6 cm³/mol. The second kappa shape index (κ2) is 6.28. The number of carbonyl (C=O) groups is 4. The van der Waals surface area contributed by atoms with Gasteiger partial charge in [-0.3, -0.25) is 24.1 Å². The maximum absolute atomic E-state index is 11.9. The van der Waals surface area contributed by atoms with Crippen molar-refractivity contribution in [2.24, 2.45) is 5.73 Å². The number of rotatable bonds is 5. The van der Waals surface area contributed by atoms with E-state index in [-0.39, 0.29) is 31.5 Å². The molecule has 0 saturated carbocycles. The van der Waals surface area contributed by atoms with Crippen LogP contribution < -0.4 is 16.4 Å². The van der Waals surface area contributed by atoms with Crippen LogP contribution in [0.2, 0.25) is 0 Å². The van der Waals surface area contributed by atoms with Crippen molar-refractivity contribution in [3.8, 4) is 0 Å². The molecular formula is C11H18N4O4. The lowest BCUT2D eigenvalue weighted by molar-refractivity contribution is -0.141. The number of nitrogens with zero attached hydrogens (tertiary/aromatic N) is 1. The fourth-order valence-electron chi connectivity index (χ4n) is 1.80. The first-order valence-electron chi connectivity index (χ1n) is 5.98. The van der Waals surface area contributed by atoms with E-state index in [0.29, 0.717) is 0 Å². The van der Waals surface area contributed by atoms with Crippen molar-refractivity contribution in [1.29, 1.82) is 0 Å². The van der Waals surface area contributed by atoms with Gasteiger partial charge in [-0.05, 0) is 13.8 Å². The molecule has 19 heavy (non-hydrogen) atoms. The molecule has 0 aromatic rings.